The summed E-state index contributed by atoms with van der Waals surface area (Å²) in [6, 6.07) is 5.97. The summed E-state index contributed by atoms with van der Waals surface area (Å²) in [7, 11) is 4.02. The van der Waals surface area contributed by atoms with Crippen molar-refractivity contribution in [3.05, 3.63) is 23.8 Å². The van der Waals surface area contributed by atoms with Crippen molar-refractivity contribution in [1.82, 2.24) is 5.32 Å². The van der Waals surface area contributed by atoms with E-state index < -0.39 is 0 Å². The number of thioether (sulfide) groups is 1. The standard InChI is InChI=1S/C12H16N4S/c1-9-7-10(5-6-11(9)16(2)3)15-12(17-4)14-8-13/h5-7H,1-4H3,(H,14,15). The topological polar surface area (TPSA) is 51.4 Å². The van der Waals surface area contributed by atoms with Gasteiger partial charge in [-0.2, -0.15) is 5.26 Å². The van der Waals surface area contributed by atoms with E-state index in [4.69, 9.17) is 5.26 Å². The van der Waals surface area contributed by atoms with Gasteiger partial charge in [0.25, 0.3) is 0 Å². The number of nitriles is 1. The number of hydrogen-bond donors (Lipinski definition) is 1. The van der Waals surface area contributed by atoms with Crippen molar-refractivity contribution < 1.29 is 0 Å². The number of amidine groups is 1. The molecule has 0 spiro atoms. The number of rotatable bonds is 2. The highest BCUT2D eigenvalue weighted by Gasteiger charge is 2.02. The Morgan fingerprint density at radius 1 is 1.47 bits per heavy atom. The van der Waals surface area contributed by atoms with E-state index >= 15 is 0 Å². The van der Waals surface area contributed by atoms with Crippen molar-refractivity contribution in [2.24, 2.45) is 4.99 Å². The summed E-state index contributed by atoms with van der Waals surface area (Å²) < 4.78 is 0. The van der Waals surface area contributed by atoms with Crippen LogP contribution in [0.3, 0.4) is 0 Å². The molecule has 0 bridgehead atoms. The first-order chi connectivity index (χ1) is 8.08. The molecular weight excluding hydrogens is 232 g/mol. The fourth-order valence-electron chi connectivity index (χ4n) is 1.50. The minimum Gasteiger partial charge on any atom is -0.377 e. The van der Waals surface area contributed by atoms with Crippen molar-refractivity contribution in [3.63, 3.8) is 0 Å². The monoisotopic (exact) mass is 248 g/mol. The maximum Gasteiger partial charge on any atom is 0.183 e. The molecule has 1 rings (SSSR count). The summed E-state index contributed by atoms with van der Waals surface area (Å²) in [5.41, 5.74) is 3.18. The predicted octanol–water partition coefficient (Wildman–Crippen LogP) is 2.48. The van der Waals surface area contributed by atoms with E-state index in [0.29, 0.717) is 5.17 Å². The van der Waals surface area contributed by atoms with Gasteiger partial charge in [0.05, 0.1) is 5.69 Å². The Morgan fingerprint density at radius 2 is 2.18 bits per heavy atom. The molecule has 4 nitrogen and oxygen atoms in total. The molecule has 0 aromatic heterocycles. The van der Waals surface area contributed by atoms with Gasteiger partial charge in [0.15, 0.2) is 11.4 Å². The second-order valence-corrected chi connectivity index (χ2v) is 4.52. The molecule has 0 atom stereocenters. The molecule has 1 aromatic rings. The predicted molar refractivity (Wildman–Crippen MR) is 74.9 cm³/mol. The molecule has 17 heavy (non-hydrogen) atoms. The van der Waals surface area contributed by atoms with E-state index in [1.807, 2.05) is 51.7 Å². The Kier molecular flexibility index (Phi) is 4.85. The Hall–Kier alpha value is -1.67. The van der Waals surface area contributed by atoms with Crippen LogP contribution >= 0.6 is 11.8 Å². The maximum absolute atomic E-state index is 8.56. The van der Waals surface area contributed by atoms with Gasteiger partial charge < -0.3 is 4.90 Å². The minimum atomic E-state index is 0.601. The van der Waals surface area contributed by atoms with E-state index in [9.17, 15) is 0 Å². The summed E-state index contributed by atoms with van der Waals surface area (Å²) in [5.74, 6) is 0. The molecular formula is C12H16N4S. The largest absolute Gasteiger partial charge is 0.377 e. The van der Waals surface area contributed by atoms with Gasteiger partial charge in [-0.1, -0.05) is 11.8 Å². The van der Waals surface area contributed by atoms with Gasteiger partial charge in [0.1, 0.15) is 0 Å². The average molecular weight is 248 g/mol. The smallest absolute Gasteiger partial charge is 0.183 e. The maximum atomic E-state index is 8.56. The molecule has 1 N–H and O–H groups in total. The SMILES string of the molecule is CSC(=Nc1ccc(N(C)C)c(C)c1)NC#N. The van der Waals surface area contributed by atoms with E-state index in [1.54, 1.807) is 0 Å². The summed E-state index contributed by atoms with van der Waals surface area (Å²) in [6.07, 6.45) is 3.75. The summed E-state index contributed by atoms with van der Waals surface area (Å²) >= 11 is 1.41. The van der Waals surface area contributed by atoms with Gasteiger partial charge in [0.2, 0.25) is 0 Å². The van der Waals surface area contributed by atoms with Crippen LogP contribution in [-0.4, -0.2) is 25.5 Å². The molecule has 0 aliphatic rings. The Labute approximate surface area is 106 Å². The van der Waals surface area contributed by atoms with Gasteiger partial charge in [-0.3, -0.25) is 5.32 Å². The second-order valence-electron chi connectivity index (χ2n) is 3.72. The van der Waals surface area contributed by atoms with E-state index in [2.05, 4.69) is 15.2 Å². The van der Waals surface area contributed by atoms with Crippen molar-refractivity contribution >= 4 is 28.3 Å². The lowest BCUT2D eigenvalue weighted by Gasteiger charge is -2.15. The summed E-state index contributed by atoms with van der Waals surface area (Å²) in [5, 5.41) is 11.7. The van der Waals surface area contributed by atoms with Gasteiger partial charge >= 0.3 is 0 Å². The average Bonchev–Trinajstić information content (AvgIpc) is 2.28. The lowest BCUT2D eigenvalue weighted by atomic mass is 10.1. The van der Waals surface area contributed by atoms with Crippen molar-refractivity contribution in [2.75, 3.05) is 25.3 Å². The fraction of sp³-hybridized carbons (Fsp3) is 0.333. The van der Waals surface area contributed by atoms with Crippen LogP contribution in [0.5, 0.6) is 0 Å². The minimum absolute atomic E-state index is 0.601. The number of hydrogen-bond acceptors (Lipinski definition) is 4. The number of nitrogens with zero attached hydrogens (tertiary/aromatic N) is 3. The quantitative estimate of drug-likeness (QED) is 0.378. The zero-order valence-electron chi connectivity index (χ0n) is 10.5. The van der Waals surface area contributed by atoms with Crippen LogP contribution in [0.15, 0.2) is 23.2 Å². The van der Waals surface area contributed by atoms with Crippen LogP contribution < -0.4 is 10.2 Å². The number of anilines is 1. The second kappa shape index (κ2) is 6.16. The van der Waals surface area contributed by atoms with E-state index in [0.717, 1.165) is 11.3 Å². The molecule has 0 amide bonds. The van der Waals surface area contributed by atoms with Crippen molar-refractivity contribution in [3.8, 4) is 6.19 Å². The normalized spacial score (nSPS) is 10.9. The Balaban J connectivity index is 3.02. The first-order valence-electron chi connectivity index (χ1n) is 5.14. The fourth-order valence-corrected chi connectivity index (χ4v) is 1.85. The molecule has 0 heterocycles. The van der Waals surface area contributed by atoms with Gasteiger partial charge in [-0.25, -0.2) is 4.99 Å². The van der Waals surface area contributed by atoms with E-state index in [-0.39, 0.29) is 0 Å². The van der Waals surface area contributed by atoms with Gasteiger partial charge in [-0.05, 0) is 36.9 Å². The first kappa shape index (κ1) is 13.4. The molecule has 0 saturated heterocycles. The molecule has 0 saturated carbocycles. The molecule has 0 aliphatic carbocycles. The van der Waals surface area contributed by atoms with Crippen molar-refractivity contribution in [2.45, 2.75) is 6.92 Å². The number of aryl methyl sites for hydroxylation is 1. The molecule has 0 aliphatic heterocycles. The van der Waals surface area contributed by atoms with Crippen LogP contribution in [0.1, 0.15) is 5.56 Å². The molecule has 90 valence electrons. The zero-order valence-corrected chi connectivity index (χ0v) is 11.3. The zero-order chi connectivity index (χ0) is 12.8. The highest BCUT2D eigenvalue weighted by molar-refractivity contribution is 8.13. The number of benzene rings is 1. The third kappa shape index (κ3) is 3.68. The summed E-state index contributed by atoms with van der Waals surface area (Å²) in [4.78, 5) is 6.42. The molecule has 0 unspecified atom stereocenters. The highest BCUT2D eigenvalue weighted by Crippen LogP contribution is 2.24. The molecule has 1 aromatic carbocycles. The molecule has 0 fully saturated rings. The van der Waals surface area contributed by atoms with Crippen LogP contribution in [0, 0.1) is 18.4 Å². The third-order valence-corrected chi connectivity index (χ3v) is 2.83. The lowest BCUT2D eigenvalue weighted by Crippen LogP contribution is -2.12. The van der Waals surface area contributed by atoms with Crippen LogP contribution in [0.25, 0.3) is 0 Å². The van der Waals surface area contributed by atoms with Crippen LogP contribution in [0.2, 0.25) is 0 Å². The number of aliphatic imine (C=N–C) groups is 1. The highest BCUT2D eigenvalue weighted by atomic mass is 32.2. The summed E-state index contributed by atoms with van der Waals surface area (Å²) in [6.45, 7) is 2.05. The van der Waals surface area contributed by atoms with Crippen molar-refractivity contribution in [1.29, 1.82) is 5.26 Å². The van der Waals surface area contributed by atoms with Gasteiger partial charge in [0, 0.05) is 19.8 Å². The molecule has 0 radical (unpaired) electrons. The van der Waals surface area contributed by atoms with Crippen LogP contribution in [-0.2, 0) is 0 Å². The lowest BCUT2D eigenvalue weighted by molar-refractivity contribution is 1.11. The third-order valence-electron chi connectivity index (χ3n) is 2.25. The van der Waals surface area contributed by atoms with E-state index in [1.165, 1.54) is 17.4 Å². The Bertz CT molecular complexity index is 460. The van der Waals surface area contributed by atoms with Gasteiger partial charge in [-0.15, -0.1) is 0 Å². The van der Waals surface area contributed by atoms with Crippen LogP contribution in [0.4, 0.5) is 11.4 Å². The first-order valence-corrected chi connectivity index (χ1v) is 6.36. The Morgan fingerprint density at radius 3 is 2.65 bits per heavy atom. The molecule has 5 heteroatoms. The number of nitrogens with one attached hydrogen (secondary N) is 1.